The Labute approximate surface area is 342 Å². The zero-order valence-corrected chi connectivity index (χ0v) is 36.8. The van der Waals surface area contributed by atoms with Crippen molar-refractivity contribution in [3.05, 3.63) is 12.2 Å². The van der Waals surface area contributed by atoms with Gasteiger partial charge in [0.1, 0.15) is 0 Å². The Kier molecular flexibility index (Phi) is 45.0. The normalized spacial score (nSPS) is 13.5. The standard InChI is InChI=1S/C49H97NO5/c1-2-3-4-5-6-7-28-31-34-37-40-46(53)42-43-48(54)47(45-52)50-49(55)41-38-35-32-29-26-24-22-20-18-16-14-12-10-8-9-11-13-15-17-19-21-23-25-27-30-33-36-39-44-51/h42-43,46-48,51-54H,2-41,44-45H2,1H3,(H,50,55)/b43-42+/t46-,47+,48-/m1/s1. The second-order valence-electron chi connectivity index (χ2n) is 17.1. The van der Waals surface area contributed by atoms with Crippen molar-refractivity contribution in [2.45, 2.75) is 282 Å². The van der Waals surface area contributed by atoms with E-state index in [4.69, 9.17) is 5.11 Å². The fourth-order valence-electron chi connectivity index (χ4n) is 7.82. The highest BCUT2D eigenvalue weighted by Crippen LogP contribution is 2.17. The van der Waals surface area contributed by atoms with Crippen LogP contribution in [0.15, 0.2) is 12.2 Å². The van der Waals surface area contributed by atoms with Crippen LogP contribution in [0.5, 0.6) is 0 Å². The first kappa shape index (κ1) is 54.0. The van der Waals surface area contributed by atoms with Crippen molar-refractivity contribution in [1.82, 2.24) is 5.32 Å². The van der Waals surface area contributed by atoms with Gasteiger partial charge in [-0.15, -0.1) is 0 Å². The van der Waals surface area contributed by atoms with E-state index < -0.39 is 18.2 Å². The average Bonchev–Trinajstić information content (AvgIpc) is 3.19. The molecule has 6 nitrogen and oxygen atoms in total. The number of aliphatic hydroxyl groups excluding tert-OH is 4. The van der Waals surface area contributed by atoms with Crippen LogP contribution in [-0.2, 0) is 4.79 Å². The maximum absolute atomic E-state index is 12.4. The van der Waals surface area contributed by atoms with Gasteiger partial charge in [-0.3, -0.25) is 4.79 Å². The van der Waals surface area contributed by atoms with Gasteiger partial charge in [-0.1, -0.05) is 250 Å². The number of hydrogen-bond acceptors (Lipinski definition) is 5. The molecule has 3 atom stereocenters. The van der Waals surface area contributed by atoms with E-state index in [1.807, 2.05) is 0 Å². The van der Waals surface area contributed by atoms with E-state index in [0.717, 1.165) is 38.5 Å². The molecule has 328 valence electrons. The summed E-state index contributed by atoms with van der Waals surface area (Å²) < 4.78 is 0. The molecule has 0 spiro atoms. The number of hydrogen-bond donors (Lipinski definition) is 5. The molecule has 0 heterocycles. The summed E-state index contributed by atoms with van der Waals surface area (Å²) in [6.07, 6.45) is 52.3. The summed E-state index contributed by atoms with van der Waals surface area (Å²) in [6, 6.07) is -0.742. The van der Waals surface area contributed by atoms with Gasteiger partial charge in [-0.05, 0) is 19.3 Å². The third-order valence-corrected chi connectivity index (χ3v) is 11.7. The minimum Gasteiger partial charge on any atom is -0.396 e. The van der Waals surface area contributed by atoms with E-state index in [0.29, 0.717) is 19.4 Å². The van der Waals surface area contributed by atoms with E-state index in [9.17, 15) is 20.1 Å². The van der Waals surface area contributed by atoms with Crippen molar-refractivity contribution in [3.63, 3.8) is 0 Å². The second-order valence-corrected chi connectivity index (χ2v) is 17.1. The van der Waals surface area contributed by atoms with E-state index in [2.05, 4.69) is 12.2 Å². The molecule has 0 aromatic heterocycles. The highest BCUT2D eigenvalue weighted by Gasteiger charge is 2.18. The predicted octanol–water partition coefficient (Wildman–Crippen LogP) is 13.4. The molecule has 0 aliphatic rings. The number of carbonyl (C=O) groups excluding carboxylic acids is 1. The van der Waals surface area contributed by atoms with Crippen molar-refractivity contribution in [3.8, 4) is 0 Å². The van der Waals surface area contributed by atoms with Crippen LogP contribution >= 0.6 is 0 Å². The number of rotatable bonds is 46. The van der Waals surface area contributed by atoms with E-state index >= 15 is 0 Å². The second kappa shape index (κ2) is 45.7. The van der Waals surface area contributed by atoms with Crippen molar-refractivity contribution >= 4 is 5.91 Å². The molecule has 6 heteroatoms. The van der Waals surface area contributed by atoms with Gasteiger partial charge in [0.25, 0.3) is 0 Å². The molecule has 0 bridgehead atoms. The Bertz CT molecular complexity index is 776. The van der Waals surface area contributed by atoms with Crippen LogP contribution in [0, 0.1) is 0 Å². The summed E-state index contributed by atoms with van der Waals surface area (Å²) in [7, 11) is 0. The molecule has 1 amide bonds. The number of nitrogens with one attached hydrogen (secondary N) is 1. The lowest BCUT2D eigenvalue weighted by Crippen LogP contribution is -2.45. The minimum absolute atomic E-state index is 0.127. The van der Waals surface area contributed by atoms with Crippen LogP contribution < -0.4 is 5.32 Å². The van der Waals surface area contributed by atoms with Gasteiger partial charge in [0.2, 0.25) is 5.91 Å². The van der Waals surface area contributed by atoms with Crippen LogP contribution in [0.4, 0.5) is 0 Å². The Morgan fingerprint density at radius 3 is 1.07 bits per heavy atom. The number of carbonyl (C=O) groups is 1. The van der Waals surface area contributed by atoms with Crippen molar-refractivity contribution in [1.29, 1.82) is 0 Å². The first-order valence-electron chi connectivity index (χ1n) is 24.6. The number of amides is 1. The first-order valence-corrected chi connectivity index (χ1v) is 24.6. The lowest BCUT2D eigenvalue weighted by Gasteiger charge is -2.20. The third kappa shape index (κ3) is 42.5. The third-order valence-electron chi connectivity index (χ3n) is 11.7. The Morgan fingerprint density at radius 2 is 0.745 bits per heavy atom. The van der Waals surface area contributed by atoms with E-state index in [-0.39, 0.29) is 12.5 Å². The van der Waals surface area contributed by atoms with Gasteiger partial charge in [0.05, 0.1) is 24.9 Å². The predicted molar refractivity (Wildman–Crippen MR) is 238 cm³/mol. The lowest BCUT2D eigenvalue weighted by molar-refractivity contribution is -0.123. The fraction of sp³-hybridized carbons (Fsp3) is 0.939. The van der Waals surface area contributed by atoms with Gasteiger partial charge in [-0.25, -0.2) is 0 Å². The molecule has 0 rings (SSSR count). The molecule has 0 radical (unpaired) electrons. The molecule has 55 heavy (non-hydrogen) atoms. The van der Waals surface area contributed by atoms with Gasteiger partial charge in [0.15, 0.2) is 0 Å². The summed E-state index contributed by atoms with van der Waals surface area (Å²) in [5.41, 5.74) is 0. The topological polar surface area (TPSA) is 110 Å². The van der Waals surface area contributed by atoms with Gasteiger partial charge in [0, 0.05) is 13.0 Å². The molecule has 0 aliphatic heterocycles. The SMILES string of the molecule is CCCCCCCCCCCC[C@@H](O)/C=C/[C@@H](O)[C@H](CO)NC(=O)CCCCCCCCCCCCCCCCCCCCCCCCCCCCCCO. The van der Waals surface area contributed by atoms with Gasteiger partial charge in [-0.2, -0.15) is 0 Å². The Morgan fingerprint density at radius 1 is 0.436 bits per heavy atom. The van der Waals surface area contributed by atoms with Crippen molar-refractivity contribution < 1.29 is 25.2 Å². The molecule has 0 aromatic carbocycles. The highest BCUT2D eigenvalue weighted by atomic mass is 16.3. The van der Waals surface area contributed by atoms with E-state index in [1.165, 1.54) is 212 Å². The van der Waals surface area contributed by atoms with Crippen LogP contribution in [0.25, 0.3) is 0 Å². The van der Waals surface area contributed by atoms with Crippen molar-refractivity contribution in [2.24, 2.45) is 0 Å². The molecule has 0 fully saturated rings. The zero-order chi connectivity index (χ0) is 40.1. The molecule has 0 saturated carbocycles. The first-order chi connectivity index (χ1) is 27.0. The molecular formula is C49H97NO5. The molecular weight excluding hydrogens is 683 g/mol. The smallest absolute Gasteiger partial charge is 0.220 e. The zero-order valence-electron chi connectivity index (χ0n) is 36.8. The lowest BCUT2D eigenvalue weighted by atomic mass is 10.0. The number of unbranched alkanes of at least 4 members (excludes halogenated alkanes) is 36. The average molecular weight is 780 g/mol. The maximum atomic E-state index is 12.4. The molecule has 0 aromatic rings. The van der Waals surface area contributed by atoms with Crippen LogP contribution in [0.3, 0.4) is 0 Å². The monoisotopic (exact) mass is 780 g/mol. The van der Waals surface area contributed by atoms with Crippen LogP contribution in [0.2, 0.25) is 0 Å². The molecule has 0 aliphatic carbocycles. The van der Waals surface area contributed by atoms with E-state index in [1.54, 1.807) is 6.08 Å². The summed E-state index contributed by atoms with van der Waals surface area (Å²) in [5.74, 6) is -0.127. The van der Waals surface area contributed by atoms with Gasteiger partial charge < -0.3 is 25.7 Å². The summed E-state index contributed by atoms with van der Waals surface area (Å²) in [4.78, 5) is 12.4. The Balaban J connectivity index is 3.49. The Hall–Kier alpha value is -0.950. The highest BCUT2D eigenvalue weighted by molar-refractivity contribution is 5.76. The van der Waals surface area contributed by atoms with Crippen molar-refractivity contribution in [2.75, 3.05) is 13.2 Å². The van der Waals surface area contributed by atoms with Gasteiger partial charge >= 0.3 is 0 Å². The molecule has 0 saturated heterocycles. The quantitative estimate of drug-likeness (QED) is 0.0312. The summed E-state index contributed by atoms with van der Waals surface area (Å²) in [5, 5.41) is 42.0. The largest absolute Gasteiger partial charge is 0.396 e. The maximum Gasteiger partial charge on any atom is 0.220 e. The number of aliphatic hydroxyl groups is 4. The molecule has 5 N–H and O–H groups in total. The minimum atomic E-state index is -1.01. The summed E-state index contributed by atoms with van der Waals surface area (Å²) >= 11 is 0. The van der Waals surface area contributed by atoms with Crippen LogP contribution in [-0.4, -0.2) is 57.8 Å². The molecule has 0 unspecified atom stereocenters. The fourth-order valence-corrected chi connectivity index (χ4v) is 7.82. The van der Waals surface area contributed by atoms with Crippen LogP contribution in [0.1, 0.15) is 264 Å². The summed E-state index contributed by atoms with van der Waals surface area (Å²) in [6.45, 7) is 2.27.